The highest BCUT2D eigenvalue weighted by Crippen LogP contribution is 2.61. The second kappa shape index (κ2) is 8.24. The average Bonchev–Trinajstić information content (AvgIpc) is 2.66. The molecule has 1 amide bonds. The van der Waals surface area contributed by atoms with Crippen LogP contribution in [-0.4, -0.2) is 34.6 Å². The van der Waals surface area contributed by atoms with Crippen molar-refractivity contribution in [3.8, 4) is 5.75 Å². The molecule has 4 fully saturated rings. The van der Waals surface area contributed by atoms with Gasteiger partial charge >= 0.3 is 0 Å². The molecule has 8 heteroatoms. The second-order valence-corrected chi connectivity index (χ2v) is 10.7. The Morgan fingerprint density at radius 1 is 1.03 bits per heavy atom. The lowest BCUT2D eigenvalue weighted by Crippen LogP contribution is -2.50. The van der Waals surface area contributed by atoms with E-state index in [2.05, 4.69) is 10.3 Å². The van der Waals surface area contributed by atoms with E-state index in [1.54, 1.807) is 19.2 Å². The summed E-state index contributed by atoms with van der Waals surface area (Å²) in [7, 11) is -2.24. The van der Waals surface area contributed by atoms with Crippen LogP contribution in [0.15, 0.2) is 29.2 Å². The first-order valence-corrected chi connectivity index (χ1v) is 11.9. The molecule has 0 atom stereocenters. The van der Waals surface area contributed by atoms with Gasteiger partial charge in [-0.25, -0.2) is 8.42 Å². The van der Waals surface area contributed by atoms with E-state index in [0.717, 1.165) is 37.0 Å². The number of sulfonamides is 1. The lowest BCUT2D eigenvalue weighted by molar-refractivity contribution is -0.129. The zero-order chi connectivity index (χ0) is 20.5. The molecule has 0 radical (unpaired) electrons. The highest BCUT2D eigenvalue weighted by Gasteiger charge is 2.51. The Balaban J connectivity index is 1.30. The quantitative estimate of drug-likeness (QED) is 0.471. The summed E-state index contributed by atoms with van der Waals surface area (Å²) in [5.41, 5.74) is 2.50. The van der Waals surface area contributed by atoms with Crippen molar-refractivity contribution in [3.05, 3.63) is 24.3 Å². The topological polar surface area (TPSA) is 93.7 Å². The molecule has 0 heterocycles. The van der Waals surface area contributed by atoms with Crippen molar-refractivity contribution in [1.82, 2.24) is 10.3 Å². The predicted molar refractivity (Wildman–Crippen MR) is 107 cm³/mol. The van der Waals surface area contributed by atoms with E-state index in [-0.39, 0.29) is 16.2 Å². The van der Waals surface area contributed by atoms with Gasteiger partial charge in [-0.2, -0.15) is 0 Å². The molecule has 29 heavy (non-hydrogen) atoms. The van der Waals surface area contributed by atoms with E-state index in [9.17, 15) is 13.2 Å². The number of rotatable bonds is 9. The number of hydrazine groups is 1. The summed E-state index contributed by atoms with van der Waals surface area (Å²) in [6.45, 7) is 0.846. The van der Waals surface area contributed by atoms with Crippen molar-refractivity contribution >= 4 is 15.9 Å². The fourth-order valence-electron chi connectivity index (χ4n) is 6.03. The van der Waals surface area contributed by atoms with Crippen molar-refractivity contribution in [1.29, 1.82) is 0 Å². The summed E-state index contributed by atoms with van der Waals surface area (Å²) in [4.78, 5) is 14.9. The number of carbonyl (C=O) groups is 1. The molecule has 4 saturated carbocycles. The standard InChI is InChI=1S/C21H30N2O5S/c1-27-6-7-28-18-2-4-19(5-3-18)29(25,26)23-22-20(24)14-21-11-15-8-16(12-21)10-17(9-15)13-21/h2-5,15-17,23H,6-14H2,1H3,(H,22,24). The molecule has 0 aromatic heterocycles. The van der Waals surface area contributed by atoms with Crippen molar-refractivity contribution in [2.24, 2.45) is 23.2 Å². The number of nitrogens with one attached hydrogen (secondary N) is 2. The third kappa shape index (κ3) is 4.75. The maximum Gasteiger partial charge on any atom is 0.257 e. The minimum atomic E-state index is -3.83. The van der Waals surface area contributed by atoms with Crippen molar-refractivity contribution in [3.63, 3.8) is 0 Å². The van der Waals surface area contributed by atoms with Gasteiger partial charge in [0.1, 0.15) is 12.4 Å². The van der Waals surface area contributed by atoms with Gasteiger partial charge in [0, 0.05) is 13.5 Å². The largest absolute Gasteiger partial charge is 0.491 e. The number of hydrogen-bond acceptors (Lipinski definition) is 5. The Hall–Kier alpha value is -1.64. The van der Waals surface area contributed by atoms with Crippen LogP contribution in [0.3, 0.4) is 0 Å². The highest BCUT2D eigenvalue weighted by atomic mass is 32.2. The zero-order valence-electron chi connectivity index (χ0n) is 16.9. The monoisotopic (exact) mass is 422 g/mol. The Morgan fingerprint density at radius 3 is 2.17 bits per heavy atom. The molecule has 4 aliphatic rings. The first-order valence-electron chi connectivity index (χ1n) is 10.4. The maximum absolute atomic E-state index is 12.5. The average molecular weight is 423 g/mol. The Kier molecular flexibility index (Phi) is 5.86. The molecular weight excluding hydrogens is 392 g/mol. The van der Waals surface area contributed by atoms with E-state index >= 15 is 0 Å². The SMILES string of the molecule is COCCOc1ccc(S(=O)(=O)NNC(=O)CC23CC4CC(CC(C4)C2)C3)cc1. The molecule has 160 valence electrons. The van der Waals surface area contributed by atoms with Crippen LogP contribution in [0.2, 0.25) is 0 Å². The van der Waals surface area contributed by atoms with Crippen LogP contribution in [0.5, 0.6) is 5.75 Å². The Bertz CT molecular complexity index is 802. The van der Waals surface area contributed by atoms with Crippen molar-refractivity contribution in [2.75, 3.05) is 20.3 Å². The Labute approximate surface area is 172 Å². The van der Waals surface area contributed by atoms with Crippen molar-refractivity contribution in [2.45, 2.75) is 49.8 Å². The smallest absolute Gasteiger partial charge is 0.257 e. The van der Waals surface area contributed by atoms with E-state index < -0.39 is 10.0 Å². The molecule has 4 aliphatic carbocycles. The van der Waals surface area contributed by atoms with Gasteiger partial charge in [0.05, 0.1) is 11.5 Å². The summed E-state index contributed by atoms with van der Waals surface area (Å²) in [5.74, 6) is 2.60. The van der Waals surface area contributed by atoms with Crippen LogP contribution in [-0.2, 0) is 19.6 Å². The number of methoxy groups -OCH3 is 1. The van der Waals surface area contributed by atoms with Gasteiger partial charge in [-0.05, 0) is 86.0 Å². The normalized spacial score (nSPS) is 30.3. The van der Waals surface area contributed by atoms with Gasteiger partial charge in [-0.15, -0.1) is 4.83 Å². The first kappa shape index (κ1) is 20.6. The summed E-state index contributed by atoms with van der Waals surface area (Å²) in [6, 6.07) is 6.08. The molecule has 1 aromatic carbocycles. The number of amides is 1. The predicted octanol–water partition coefficient (Wildman–Crippen LogP) is 2.63. The zero-order valence-corrected chi connectivity index (χ0v) is 17.7. The summed E-state index contributed by atoms with van der Waals surface area (Å²) in [5, 5.41) is 0. The molecule has 0 aliphatic heterocycles. The summed E-state index contributed by atoms with van der Waals surface area (Å²) in [6.07, 6.45) is 7.71. The van der Waals surface area contributed by atoms with Crippen LogP contribution < -0.4 is 15.0 Å². The summed E-state index contributed by atoms with van der Waals surface area (Å²) < 4.78 is 35.3. The van der Waals surface area contributed by atoms with Gasteiger partial charge in [0.15, 0.2) is 0 Å². The van der Waals surface area contributed by atoms with Crippen LogP contribution >= 0.6 is 0 Å². The first-order chi connectivity index (χ1) is 13.9. The van der Waals surface area contributed by atoms with Gasteiger partial charge in [0.2, 0.25) is 5.91 Å². The van der Waals surface area contributed by atoms with Crippen LogP contribution in [0.25, 0.3) is 0 Å². The lowest BCUT2D eigenvalue weighted by atomic mass is 9.49. The maximum atomic E-state index is 12.5. The number of benzene rings is 1. The molecule has 5 rings (SSSR count). The fourth-order valence-corrected chi connectivity index (χ4v) is 6.89. The number of hydrogen-bond donors (Lipinski definition) is 2. The molecule has 0 spiro atoms. The lowest BCUT2D eigenvalue weighted by Gasteiger charge is -2.56. The second-order valence-electron chi connectivity index (χ2n) is 9.06. The van der Waals surface area contributed by atoms with E-state index in [1.165, 1.54) is 31.4 Å². The molecule has 7 nitrogen and oxygen atoms in total. The molecule has 2 N–H and O–H groups in total. The molecular formula is C21H30N2O5S. The van der Waals surface area contributed by atoms with Gasteiger partial charge in [0.25, 0.3) is 10.0 Å². The third-order valence-corrected chi connectivity index (χ3v) is 7.98. The Morgan fingerprint density at radius 2 is 1.62 bits per heavy atom. The van der Waals surface area contributed by atoms with E-state index in [4.69, 9.17) is 9.47 Å². The van der Waals surface area contributed by atoms with Gasteiger partial charge < -0.3 is 9.47 Å². The van der Waals surface area contributed by atoms with Gasteiger partial charge in [-0.3, -0.25) is 10.2 Å². The van der Waals surface area contributed by atoms with Crippen LogP contribution in [0.4, 0.5) is 0 Å². The van der Waals surface area contributed by atoms with E-state index in [1.807, 2.05) is 0 Å². The minimum absolute atomic E-state index is 0.0749. The van der Waals surface area contributed by atoms with E-state index in [0.29, 0.717) is 25.4 Å². The van der Waals surface area contributed by atoms with Crippen LogP contribution in [0.1, 0.15) is 44.9 Å². The fraction of sp³-hybridized carbons (Fsp3) is 0.667. The molecule has 1 aromatic rings. The van der Waals surface area contributed by atoms with Crippen molar-refractivity contribution < 1.29 is 22.7 Å². The molecule has 4 bridgehead atoms. The minimum Gasteiger partial charge on any atom is -0.491 e. The highest BCUT2D eigenvalue weighted by molar-refractivity contribution is 7.89. The number of ether oxygens (including phenoxy) is 2. The number of carbonyl (C=O) groups excluding carboxylic acids is 1. The van der Waals surface area contributed by atoms with Gasteiger partial charge in [-0.1, -0.05) is 0 Å². The van der Waals surface area contributed by atoms with Crippen LogP contribution in [0, 0.1) is 23.2 Å². The molecule has 0 saturated heterocycles. The third-order valence-electron chi connectivity index (χ3n) is 6.72. The molecule has 0 unspecified atom stereocenters. The summed E-state index contributed by atoms with van der Waals surface area (Å²) >= 11 is 0.